The zero-order valence-corrected chi connectivity index (χ0v) is 11.7. The third-order valence-corrected chi connectivity index (χ3v) is 2.86. The molecule has 9 heteroatoms. The Labute approximate surface area is 116 Å². The summed E-state index contributed by atoms with van der Waals surface area (Å²) in [6.07, 6.45) is 3.53. The highest BCUT2D eigenvalue weighted by Crippen LogP contribution is 2.12. The Morgan fingerprint density at radius 1 is 1.30 bits per heavy atom. The molecule has 1 atom stereocenters. The highest BCUT2D eigenvalue weighted by Gasteiger charge is 2.18. The first-order valence-electron chi connectivity index (χ1n) is 6.29. The van der Waals surface area contributed by atoms with Crippen LogP contribution in [0.3, 0.4) is 0 Å². The van der Waals surface area contributed by atoms with E-state index in [1.165, 1.54) is 17.3 Å². The van der Waals surface area contributed by atoms with Crippen LogP contribution in [0.4, 0.5) is 11.9 Å². The Hall–Kier alpha value is -2.29. The number of nitrogens with zero attached hydrogens (tertiary/aromatic N) is 6. The van der Waals surface area contributed by atoms with Crippen LogP contribution in [-0.2, 0) is 0 Å². The van der Waals surface area contributed by atoms with Gasteiger partial charge in [0, 0.05) is 13.6 Å². The molecule has 9 nitrogen and oxygen atoms in total. The van der Waals surface area contributed by atoms with Gasteiger partial charge in [-0.15, -0.1) is 0 Å². The maximum Gasteiger partial charge on any atom is 0.258 e. The lowest BCUT2D eigenvalue weighted by Gasteiger charge is -2.21. The summed E-state index contributed by atoms with van der Waals surface area (Å²) in [6, 6.07) is 0. The molecule has 0 aromatic carbocycles. The molecule has 0 spiro atoms. The summed E-state index contributed by atoms with van der Waals surface area (Å²) >= 11 is 0. The van der Waals surface area contributed by atoms with Gasteiger partial charge in [-0.05, 0) is 13.3 Å². The Morgan fingerprint density at radius 2 is 2.05 bits per heavy atom. The third kappa shape index (κ3) is 3.38. The lowest BCUT2D eigenvalue weighted by molar-refractivity contribution is 0.0695. The molecule has 108 valence electrons. The normalized spacial score (nSPS) is 13.8. The van der Waals surface area contributed by atoms with E-state index in [2.05, 4.69) is 35.7 Å². The Balaban J connectivity index is 2.23. The first-order valence-corrected chi connectivity index (χ1v) is 6.29. The Kier molecular flexibility index (Phi) is 4.08. The minimum Gasteiger partial charge on any atom is -0.388 e. The van der Waals surface area contributed by atoms with Crippen molar-refractivity contribution in [3.05, 3.63) is 12.7 Å². The van der Waals surface area contributed by atoms with Gasteiger partial charge in [-0.25, -0.2) is 4.98 Å². The zero-order chi connectivity index (χ0) is 14.6. The van der Waals surface area contributed by atoms with E-state index in [0.717, 1.165) is 0 Å². The van der Waals surface area contributed by atoms with E-state index in [9.17, 15) is 5.11 Å². The number of anilines is 2. The number of hydrogen-bond acceptors (Lipinski definition) is 8. The van der Waals surface area contributed by atoms with E-state index >= 15 is 0 Å². The molecule has 0 radical (unpaired) electrons. The second kappa shape index (κ2) is 5.78. The second-order valence-electron chi connectivity index (χ2n) is 4.58. The van der Waals surface area contributed by atoms with Gasteiger partial charge in [0.1, 0.15) is 12.7 Å². The molecule has 0 fully saturated rings. The molecule has 0 bridgehead atoms. The molecule has 0 aliphatic rings. The first-order chi connectivity index (χ1) is 9.54. The summed E-state index contributed by atoms with van der Waals surface area (Å²) in [5, 5.41) is 19.8. The van der Waals surface area contributed by atoms with Crippen LogP contribution in [0, 0.1) is 0 Å². The smallest absolute Gasteiger partial charge is 0.258 e. The molecular formula is C11H18N8O. The third-order valence-electron chi connectivity index (χ3n) is 2.86. The predicted octanol–water partition coefficient (Wildman–Crippen LogP) is 0.0669. The van der Waals surface area contributed by atoms with Gasteiger partial charge in [0.05, 0.1) is 5.60 Å². The maximum absolute atomic E-state index is 9.99. The monoisotopic (exact) mass is 278 g/mol. The Morgan fingerprint density at radius 3 is 2.65 bits per heavy atom. The van der Waals surface area contributed by atoms with Crippen LogP contribution in [0.5, 0.6) is 0 Å². The van der Waals surface area contributed by atoms with Crippen molar-refractivity contribution in [3.8, 4) is 5.95 Å². The van der Waals surface area contributed by atoms with Crippen LogP contribution < -0.4 is 10.6 Å². The van der Waals surface area contributed by atoms with Crippen molar-refractivity contribution in [1.82, 2.24) is 29.7 Å². The van der Waals surface area contributed by atoms with Gasteiger partial charge in [-0.1, -0.05) is 6.92 Å². The molecule has 0 saturated heterocycles. The van der Waals surface area contributed by atoms with Crippen molar-refractivity contribution in [2.75, 3.05) is 24.2 Å². The summed E-state index contributed by atoms with van der Waals surface area (Å²) < 4.78 is 1.44. The van der Waals surface area contributed by atoms with E-state index < -0.39 is 5.60 Å². The molecular weight excluding hydrogens is 260 g/mol. The molecule has 2 aromatic rings. The van der Waals surface area contributed by atoms with Crippen LogP contribution in [0.2, 0.25) is 0 Å². The van der Waals surface area contributed by atoms with Crippen molar-refractivity contribution in [3.63, 3.8) is 0 Å². The molecule has 3 N–H and O–H groups in total. The lowest BCUT2D eigenvalue weighted by Crippen LogP contribution is -2.33. The molecule has 2 rings (SSSR count). The maximum atomic E-state index is 9.99. The fraction of sp³-hybridized carbons (Fsp3) is 0.545. The van der Waals surface area contributed by atoms with E-state index in [4.69, 9.17) is 0 Å². The summed E-state index contributed by atoms with van der Waals surface area (Å²) in [5.74, 6) is 1.12. The molecule has 0 aliphatic carbocycles. The molecule has 0 amide bonds. The summed E-state index contributed by atoms with van der Waals surface area (Å²) in [5.41, 5.74) is -0.820. The minimum absolute atomic E-state index is 0.341. The zero-order valence-electron chi connectivity index (χ0n) is 11.7. The number of aliphatic hydroxyl groups is 1. The number of aromatic nitrogens is 6. The minimum atomic E-state index is -0.820. The standard InChI is InChI=1S/C11H18N8O/c1-4-11(2,20)5-14-9-16-8(12-3)17-10(18-9)19-7-13-6-15-19/h6-7,20H,4-5H2,1-3H3,(H2,12,14,16,17,18). The second-order valence-corrected chi connectivity index (χ2v) is 4.58. The quantitative estimate of drug-likeness (QED) is 0.680. The van der Waals surface area contributed by atoms with E-state index in [1.54, 1.807) is 14.0 Å². The fourth-order valence-corrected chi connectivity index (χ4v) is 1.36. The van der Waals surface area contributed by atoms with Crippen LogP contribution in [0.15, 0.2) is 12.7 Å². The van der Waals surface area contributed by atoms with Crippen molar-refractivity contribution in [2.45, 2.75) is 25.9 Å². The van der Waals surface area contributed by atoms with Crippen molar-refractivity contribution in [1.29, 1.82) is 0 Å². The van der Waals surface area contributed by atoms with Crippen molar-refractivity contribution in [2.24, 2.45) is 0 Å². The molecule has 1 unspecified atom stereocenters. The fourth-order valence-electron chi connectivity index (χ4n) is 1.36. The van der Waals surface area contributed by atoms with Crippen LogP contribution in [0.1, 0.15) is 20.3 Å². The van der Waals surface area contributed by atoms with Gasteiger partial charge >= 0.3 is 0 Å². The summed E-state index contributed by atoms with van der Waals surface area (Å²) in [4.78, 5) is 16.5. The number of rotatable bonds is 6. The van der Waals surface area contributed by atoms with Gasteiger partial charge in [-0.2, -0.15) is 24.7 Å². The van der Waals surface area contributed by atoms with Gasteiger partial charge < -0.3 is 15.7 Å². The Bertz CT molecular complexity index is 554. The van der Waals surface area contributed by atoms with Gasteiger partial charge in [-0.3, -0.25) is 0 Å². The van der Waals surface area contributed by atoms with Gasteiger partial charge in [0.15, 0.2) is 0 Å². The summed E-state index contributed by atoms with van der Waals surface area (Å²) in [6.45, 7) is 4.00. The van der Waals surface area contributed by atoms with E-state index in [0.29, 0.717) is 30.8 Å². The first kappa shape index (κ1) is 14.1. The van der Waals surface area contributed by atoms with Crippen LogP contribution in [-0.4, -0.2) is 54.0 Å². The summed E-state index contributed by atoms with van der Waals surface area (Å²) in [7, 11) is 1.71. The SMILES string of the molecule is CCC(C)(O)CNc1nc(NC)nc(-n2cncn2)n1. The molecule has 2 aromatic heterocycles. The molecule has 2 heterocycles. The van der Waals surface area contributed by atoms with E-state index in [1.807, 2.05) is 6.92 Å². The van der Waals surface area contributed by atoms with Gasteiger partial charge in [0.2, 0.25) is 11.9 Å². The van der Waals surface area contributed by atoms with E-state index in [-0.39, 0.29) is 0 Å². The van der Waals surface area contributed by atoms with Crippen LogP contribution >= 0.6 is 0 Å². The topological polar surface area (TPSA) is 114 Å². The van der Waals surface area contributed by atoms with Crippen molar-refractivity contribution < 1.29 is 5.11 Å². The number of nitrogens with one attached hydrogen (secondary N) is 2. The highest BCUT2D eigenvalue weighted by atomic mass is 16.3. The largest absolute Gasteiger partial charge is 0.388 e. The number of hydrogen-bond donors (Lipinski definition) is 3. The van der Waals surface area contributed by atoms with Gasteiger partial charge in [0.25, 0.3) is 5.95 Å². The lowest BCUT2D eigenvalue weighted by atomic mass is 10.0. The molecule has 20 heavy (non-hydrogen) atoms. The van der Waals surface area contributed by atoms with Crippen molar-refractivity contribution >= 4 is 11.9 Å². The predicted molar refractivity (Wildman–Crippen MR) is 73.7 cm³/mol. The molecule has 0 saturated carbocycles. The highest BCUT2D eigenvalue weighted by molar-refractivity contribution is 5.37. The van der Waals surface area contributed by atoms with Crippen LogP contribution in [0.25, 0.3) is 5.95 Å². The molecule has 0 aliphatic heterocycles. The average Bonchev–Trinajstić information content (AvgIpc) is 2.99. The average molecular weight is 278 g/mol.